The van der Waals surface area contributed by atoms with Crippen LogP contribution in [0.4, 0.5) is 13.2 Å². The monoisotopic (exact) mass is 169 g/mol. The summed E-state index contributed by atoms with van der Waals surface area (Å²) in [7, 11) is 0. The Labute approximate surface area is 62.5 Å². The molecule has 1 saturated heterocycles. The van der Waals surface area contributed by atoms with Gasteiger partial charge in [0.2, 0.25) is 0 Å². The SMILES string of the molecule is NC1CCC(C(F)(F)F)OC1. The lowest BCUT2D eigenvalue weighted by Gasteiger charge is -2.28. The minimum Gasteiger partial charge on any atom is -0.367 e. The molecule has 5 heteroatoms. The number of rotatable bonds is 0. The second kappa shape index (κ2) is 2.98. The van der Waals surface area contributed by atoms with E-state index >= 15 is 0 Å². The van der Waals surface area contributed by atoms with Gasteiger partial charge in [-0.3, -0.25) is 0 Å². The molecular formula is C6H10F3NO. The fourth-order valence-corrected chi connectivity index (χ4v) is 1.03. The Hall–Kier alpha value is -0.290. The Balaban J connectivity index is 2.39. The number of hydrogen-bond acceptors (Lipinski definition) is 2. The molecule has 11 heavy (non-hydrogen) atoms. The van der Waals surface area contributed by atoms with Gasteiger partial charge in [0, 0.05) is 6.04 Å². The van der Waals surface area contributed by atoms with E-state index in [1.165, 1.54) is 0 Å². The van der Waals surface area contributed by atoms with Gasteiger partial charge in [0.05, 0.1) is 6.61 Å². The van der Waals surface area contributed by atoms with Crippen LogP contribution < -0.4 is 5.73 Å². The first kappa shape index (κ1) is 8.80. The highest BCUT2D eigenvalue weighted by atomic mass is 19.4. The van der Waals surface area contributed by atoms with Crippen LogP contribution in [0.3, 0.4) is 0 Å². The van der Waals surface area contributed by atoms with Crippen LogP contribution in [0, 0.1) is 0 Å². The standard InChI is InChI=1S/C6H10F3NO/c7-6(8,9)5-2-1-4(10)3-11-5/h4-5H,1-3,10H2. The highest BCUT2D eigenvalue weighted by Crippen LogP contribution is 2.28. The van der Waals surface area contributed by atoms with Crippen LogP contribution in [0.5, 0.6) is 0 Å². The minimum absolute atomic E-state index is 0.00926. The third kappa shape index (κ3) is 2.34. The van der Waals surface area contributed by atoms with Crippen molar-refractivity contribution in [3.8, 4) is 0 Å². The quantitative estimate of drug-likeness (QED) is 0.588. The number of hydrogen-bond donors (Lipinski definition) is 1. The summed E-state index contributed by atoms with van der Waals surface area (Å²) in [6.45, 7) is 0.0180. The summed E-state index contributed by atoms with van der Waals surface area (Å²) in [6, 6.07) is -0.228. The Morgan fingerprint density at radius 1 is 1.27 bits per heavy atom. The van der Waals surface area contributed by atoms with E-state index in [-0.39, 0.29) is 19.1 Å². The first-order valence-corrected chi connectivity index (χ1v) is 3.44. The predicted molar refractivity (Wildman–Crippen MR) is 33.0 cm³/mol. The van der Waals surface area contributed by atoms with Crippen molar-refractivity contribution in [3.05, 3.63) is 0 Å². The maximum atomic E-state index is 11.9. The zero-order valence-corrected chi connectivity index (χ0v) is 5.90. The molecule has 0 saturated carbocycles. The van der Waals surface area contributed by atoms with Crippen molar-refractivity contribution in [2.75, 3.05) is 6.61 Å². The zero-order chi connectivity index (χ0) is 8.48. The molecule has 0 bridgehead atoms. The number of ether oxygens (including phenoxy) is 1. The third-order valence-electron chi connectivity index (χ3n) is 1.68. The Morgan fingerprint density at radius 2 is 1.91 bits per heavy atom. The van der Waals surface area contributed by atoms with E-state index in [2.05, 4.69) is 4.74 Å². The molecule has 0 spiro atoms. The van der Waals surface area contributed by atoms with E-state index in [4.69, 9.17) is 5.73 Å². The van der Waals surface area contributed by atoms with Crippen LogP contribution in [0.25, 0.3) is 0 Å². The van der Waals surface area contributed by atoms with E-state index in [1.54, 1.807) is 0 Å². The number of halogens is 3. The van der Waals surface area contributed by atoms with Crippen molar-refractivity contribution in [1.82, 2.24) is 0 Å². The molecule has 1 aliphatic heterocycles. The first-order chi connectivity index (χ1) is 5.00. The second-order valence-electron chi connectivity index (χ2n) is 2.70. The second-order valence-corrected chi connectivity index (χ2v) is 2.70. The van der Waals surface area contributed by atoms with E-state index < -0.39 is 12.3 Å². The molecule has 1 aliphatic rings. The molecule has 0 aliphatic carbocycles. The van der Waals surface area contributed by atoms with Gasteiger partial charge in [-0.15, -0.1) is 0 Å². The molecule has 2 N–H and O–H groups in total. The molecule has 2 nitrogen and oxygen atoms in total. The Morgan fingerprint density at radius 3 is 2.27 bits per heavy atom. The fraction of sp³-hybridized carbons (Fsp3) is 1.00. The minimum atomic E-state index is -4.22. The summed E-state index contributed by atoms with van der Waals surface area (Å²) in [5, 5.41) is 0. The number of nitrogens with two attached hydrogens (primary N) is 1. The van der Waals surface area contributed by atoms with Crippen molar-refractivity contribution < 1.29 is 17.9 Å². The van der Waals surface area contributed by atoms with Crippen LogP contribution in [0.2, 0.25) is 0 Å². The van der Waals surface area contributed by atoms with Crippen molar-refractivity contribution in [3.63, 3.8) is 0 Å². The highest BCUT2D eigenvalue weighted by Gasteiger charge is 2.42. The van der Waals surface area contributed by atoms with Crippen molar-refractivity contribution in [2.24, 2.45) is 5.73 Å². The molecule has 1 fully saturated rings. The largest absolute Gasteiger partial charge is 0.414 e. The summed E-state index contributed by atoms with van der Waals surface area (Å²) < 4.78 is 40.2. The topological polar surface area (TPSA) is 35.2 Å². The maximum Gasteiger partial charge on any atom is 0.414 e. The molecule has 0 radical (unpaired) electrons. The number of alkyl halides is 3. The summed E-state index contributed by atoms with van der Waals surface area (Å²) in [6.07, 6.45) is -5.43. The molecule has 1 heterocycles. The molecule has 2 unspecified atom stereocenters. The molecule has 2 atom stereocenters. The van der Waals surface area contributed by atoms with Gasteiger partial charge < -0.3 is 10.5 Å². The van der Waals surface area contributed by atoms with Gasteiger partial charge >= 0.3 is 6.18 Å². The molecule has 66 valence electrons. The highest BCUT2D eigenvalue weighted by molar-refractivity contribution is 4.76. The summed E-state index contributed by atoms with van der Waals surface area (Å²) in [5.74, 6) is 0. The summed E-state index contributed by atoms with van der Waals surface area (Å²) >= 11 is 0. The van der Waals surface area contributed by atoms with Gasteiger partial charge in [-0.25, -0.2) is 0 Å². The van der Waals surface area contributed by atoms with E-state index in [1.807, 2.05) is 0 Å². The van der Waals surface area contributed by atoms with Gasteiger partial charge in [-0.2, -0.15) is 13.2 Å². The molecular weight excluding hydrogens is 159 g/mol. The average molecular weight is 169 g/mol. The normalized spacial score (nSPS) is 33.8. The van der Waals surface area contributed by atoms with Crippen molar-refractivity contribution in [2.45, 2.75) is 31.2 Å². The van der Waals surface area contributed by atoms with Gasteiger partial charge in [0.25, 0.3) is 0 Å². The Bertz CT molecular complexity index is 128. The lowest BCUT2D eigenvalue weighted by molar-refractivity contribution is -0.231. The van der Waals surface area contributed by atoms with E-state index in [9.17, 15) is 13.2 Å². The van der Waals surface area contributed by atoms with Crippen molar-refractivity contribution >= 4 is 0 Å². The van der Waals surface area contributed by atoms with E-state index in [0.29, 0.717) is 6.42 Å². The summed E-state index contributed by atoms with van der Waals surface area (Å²) in [4.78, 5) is 0. The Kier molecular flexibility index (Phi) is 2.39. The summed E-state index contributed by atoms with van der Waals surface area (Å²) in [5.41, 5.74) is 5.35. The third-order valence-corrected chi connectivity index (χ3v) is 1.68. The molecule has 0 aromatic rings. The predicted octanol–water partition coefficient (Wildman–Crippen LogP) is 1.05. The van der Waals surface area contributed by atoms with Gasteiger partial charge in [0.1, 0.15) is 0 Å². The van der Waals surface area contributed by atoms with Gasteiger partial charge in [-0.1, -0.05) is 0 Å². The first-order valence-electron chi connectivity index (χ1n) is 3.44. The van der Waals surface area contributed by atoms with E-state index in [0.717, 1.165) is 0 Å². The lowest BCUT2D eigenvalue weighted by atomic mass is 10.1. The van der Waals surface area contributed by atoms with Crippen LogP contribution in [0.15, 0.2) is 0 Å². The van der Waals surface area contributed by atoms with Crippen LogP contribution >= 0.6 is 0 Å². The lowest BCUT2D eigenvalue weighted by Crippen LogP contribution is -2.42. The zero-order valence-electron chi connectivity index (χ0n) is 5.90. The van der Waals surface area contributed by atoms with Crippen LogP contribution in [0.1, 0.15) is 12.8 Å². The smallest absolute Gasteiger partial charge is 0.367 e. The average Bonchev–Trinajstić information content (AvgIpc) is 1.86. The van der Waals surface area contributed by atoms with Gasteiger partial charge in [-0.05, 0) is 12.8 Å². The molecule has 0 aromatic heterocycles. The fourth-order valence-electron chi connectivity index (χ4n) is 1.03. The molecule has 0 aromatic carbocycles. The van der Waals surface area contributed by atoms with Crippen molar-refractivity contribution in [1.29, 1.82) is 0 Å². The van der Waals surface area contributed by atoms with Crippen LogP contribution in [-0.2, 0) is 4.74 Å². The van der Waals surface area contributed by atoms with Gasteiger partial charge in [0.15, 0.2) is 6.10 Å². The molecule has 1 rings (SSSR count). The molecule has 0 amide bonds. The maximum absolute atomic E-state index is 11.9. The van der Waals surface area contributed by atoms with Crippen LogP contribution in [-0.4, -0.2) is 24.9 Å².